The van der Waals surface area contributed by atoms with Crippen LogP contribution in [0.25, 0.3) is 0 Å². The lowest BCUT2D eigenvalue weighted by atomic mass is 10.1. The molecule has 0 aliphatic carbocycles. The number of aliphatic carboxylic acids is 1. The van der Waals surface area contributed by atoms with E-state index in [1.165, 1.54) is 4.90 Å². The van der Waals surface area contributed by atoms with Crippen LogP contribution in [0, 0.1) is 0 Å². The van der Waals surface area contributed by atoms with Crippen LogP contribution in [0.3, 0.4) is 0 Å². The first kappa shape index (κ1) is 16.2. The fourth-order valence-electron chi connectivity index (χ4n) is 1.70. The van der Waals surface area contributed by atoms with Crippen molar-refractivity contribution in [2.24, 2.45) is 0 Å². The molecule has 0 spiro atoms. The summed E-state index contributed by atoms with van der Waals surface area (Å²) in [5, 5.41) is 8.92. The maximum atomic E-state index is 12.2. The van der Waals surface area contributed by atoms with Crippen LogP contribution in [0.2, 0.25) is 0 Å². The van der Waals surface area contributed by atoms with E-state index < -0.39 is 5.97 Å². The minimum atomic E-state index is -0.943. The van der Waals surface area contributed by atoms with Gasteiger partial charge in [0.05, 0.1) is 25.9 Å². The number of rotatable bonds is 6. The second kappa shape index (κ2) is 6.56. The van der Waals surface area contributed by atoms with E-state index in [1.54, 1.807) is 30.3 Å². The maximum absolute atomic E-state index is 12.2. The summed E-state index contributed by atoms with van der Waals surface area (Å²) in [5.41, 5.74) is -0.389. The topological polar surface area (TPSA) is 74.0 Å². The Labute approximate surface area is 119 Å². The predicted octanol–water partition coefficient (Wildman–Crippen LogP) is 1.42. The number of carboxylic acids is 1. The normalized spacial score (nSPS) is 11.7. The number of hydrogen-bond donors (Lipinski definition) is 1. The van der Waals surface area contributed by atoms with Gasteiger partial charge in [-0.05, 0) is 32.9 Å². The predicted molar refractivity (Wildman–Crippen MR) is 74.1 cm³/mol. The number of furan rings is 1. The number of nitrogens with zero attached hydrogens (tertiary/aromatic N) is 2. The van der Waals surface area contributed by atoms with Gasteiger partial charge in [0.1, 0.15) is 5.76 Å². The lowest BCUT2D eigenvalue weighted by Crippen LogP contribution is -2.49. The van der Waals surface area contributed by atoms with Crippen molar-refractivity contribution in [1.82, 2.24) is 9.80 Å². The average molecular weight is 282 g/mol. The molecule has 1 aromatic rings. The Bertz CT molecular complexity index is 448. The molecule has 6 heteroatoms. The zero-order valence-corrected chi connectivity index (χ0v) is 12.4. The lowest BCUT2D eigenvalue weighted by Gasteiger charge is -2.34. The minimum Gasteiger partial charge on any atom is -0.480 e. The highest BCUT2D eigenvalue weighted by molar-refractivity contribution is 5.79. The van der Waals surface area contributed by atoms with Gasteiger partial charge in [0.25, 0.3) is 0 Å². The molecule has 1 N–H and O–H groups in total. The molecule has 1 aromatic heterocycles. The number of likely N-dealkylation sites (N-methyl/N-ethyl adjacent to an activating group) is 1. The highest BCUT2D eigenvalue weighted by Crippen LogP contribution is 2.13. The van der Waals surface area contributed by atoms with Crippen molar-refractivity contribution in [3.05, 3.63) is 24.2 Å². The number of carbonyl (C=O) groups excluding carboxylic acids is 1. The molecule has 0 radical (unpaired) electrons. The second-order valence-corrected chi connectivity index (χ2v) is 5.75. The van der Waals surface area contributed by atoms with E-state index in [4.69, 9.17) is 9.52 Å². The van der Waals surface area contributed by atoms with Crippen molar-refractivity contribution in [3.63, 3.8) is 0 Å². The molecule has 0 fully saturated rings. The summed E-state index contributed by atoms with van der Waals surface area (Å²) in [6.07, 6.45) is 1.56. The monoisotopic (exact) mass is 282 g/mol. The van der Waals surface area contributed by atoms with Gasteiger partial charge in [0, 0.05) is 12.6 Å². The van der Waals surface area contributed by atoms with E-state index in [9.17, 15) is 9.59 Å². The van der Waals surface area contributed by atoms with Crippen LogP contribution in [-0.2, 0) is 16.1 Å². The van der Waals surface area contributed by atoms with Crippen LogP contribution in [0.5, 0.6) is 0 Å². The van der Waals surface area contributed by atoms with Gasteiger partial charge in [-0.2, -0.15) is 0 Å². The molecule has 0 aliphatic rings. The fraction of sp³-hybridized carbons (Fsp3) is 0.571. The SMILES string of the molecule is CN(Cc1ccco1)C(=O)CN(CC(=O)O)C(C)(C)C. The molecule has 6 nitrogen and oxygen atoms in total. The van der Waals surface area contributed by atoms with Crippen LogP contribution >= 0.6 is 0 Å². The van der Waals surface area contributed by atoms with Gasteiger partial charge in [-0.25, -0.2) is 0 Å². The molecule has 0 saturated carbocycles. The van der Waals surface area contributed by atoms with Crippen LogP contribution in [0.15, 0.2) is 22.8 Å². The van der Waals surface area contributed by atoms with Gasteiger partial charge in [-0.3, -0.25) is 14.5 Å². The Kier molecular flexibility index (Phi) is 5.33. The van der Waals surface area contributed by atoms with Crippen molar-refractivity contribution >= 4 is 11.9 Å². The lowest BCUT2D eigenvalue weighted by molar-refractivity contribution is -0.141. The summed E-state index contributed by atoms with van der Waals surface area (Å²) in [5.74, 6) is -0.389. The van der Waals surface area contributed by atoms with E-state index in [2.05, 4.69) is 0 Å². The van der Waals surface area contributed by atoms with Crippen LogP contribution in [-0.4, -0.2) is 52.5 Å². The number of amides is 1. The van der Waals surface area contributed by atoms with Gasteiger partial charge in [-0.1, -0.05) is 0 Å². The Morgan fingerprint density at radius 2 is 1.95 bits per heavy atom. The zero-order chi connectivity index (χ0) is 15.3. The van der Waals surface area contributed by atoms with Gasteiger partial charge in [-0.15, -0.1) is 0 Å². The average Bonchev–Trinajstić information content (AvgIpc) is 2.78. The Morgan fingerprint density at radius 1 is 1.30 bits per heavy atom. The first-order valence-electron chi connectivity index (χ1n) is 6.43. The Hall–Kier alpha value is -1.82. The second-order valence-electron chi connectivity index (χ2n) is 5.75. The number of carboxylic acid groups (broad SMARTS) is 1. The summed E-state index contributed by atoms with van der Waals surface area (Å²) in [6.45, 7) is 5.93. The first-order chi connectivity index (χ1) is 9.20. The Morgan fingerprint density at radius 3 is 2.40 bits per heavy atom. The molecular formula is C14H22N2O4. The third-order valence-electron chi connectivity index (χ3n) is 3.00. The molecule has 0 aliphatic heterocycles. The minimum absolute atomic E-state index is 0.0625. The molecule has 1 amide bonds. The maximum Gasteiger partial charge on any atom is 0.317 e. The van der Waals surface area contributed by atoms with Crippen molar-refractivity contribution in [3.8, 4) is 0 Å². The molecule has 20 heavy (non-hydrogen) atoms. The Balaban J connectivity index is 2.63. The molecule has 0 unspecified atom stereocenters. The molecule has 0 aromatic carbocycles. The molecule has 0 atom stereocenters. The van der Waals surface area contributed by atoms with E-state index in [-0.39, 0.29) is 24.5 Å². The summed E-state index contributed by atoms with van der Waals surface area (Å²) < 4.78 is 5.19. The van der Waals surface area contributed by atoms with Gasteiger partial charge >= 0.3 is 5.97 Å². The zero-order valence-electron chi connectivity index (χ0n) is 12.4. The van der Waals surface area contributed by atoms with E-state index in [0.717, 1.165) is 0 Å². The molecular weight excluding hydrogens is 260 g/mol. The fourth-order valence-corrected chi connectivity index (χ4v) is 1.70. The van der Waals surface area contributed by atoms with Gasteiger partial charge in [0.2, 0.25) is 5.91 Å². The van der Waals surface area contributed by atoms with Crippen LogP contribution < -0.4 is 0 Å². The van der Waals surface area contributed by atoms with E-state index in [1.807, 2.05) is 20.8 Å². The molecule has 0 bridgehead atoms. The first-order valence-corrected chi connectivity index (χ1v) is 6.43. The third kappa shape index (κ3) is 5.05. The summed E-state index contributed by atoms with van der Waals surface area (Å²) in [7, 11) is 1.67. The van der Waals surface area contributed by atoms with Crippen molar-refractivity contribution < 1.29 is 19.1 Å². The van der Waals surface area contributed by atoms with Gasteiger partial charge < -0.3 is 14.4 Å². The molecule has 1 heterocycles. The van der Waals surface area contributed by atoms with Crippen LogP contribution in [0.1, 0.15) is 26.5 Å². The van der Waals surface area contributed by atoms with Crippen molar-refractivity contribution in [1.29, 1.82) is 0 Å². The summed E-state index contributed by atoms with van der Waals surface area (Å²) in [4.78, 5) is 26.2. The molecule has 0 saturated heterocycles. The summed E-state index contributed by atoms with van der Waals surface area (Å²) >= 11 is 0. The van der Waals surface area contributed by atoms with Crippen LogP contribution in [0.4, 0.5) is 0 Å². The highest BCUT2D eigenvalue weighted by atomic mass is 16.4. The smallest absolute Gasteiger partial charge is 0.317 e. The third-order valence-corrected chi connectivity index (χ3v) is 3.00. The van der Waals surface area contributed by atoms with Crippen molar-refractivity contribution in [2.75, 3.05) is 20.1 Å². The molecule has 112 valence electrons. The number of hydrogen-bond acceptors (Lipinski definition) is 4. The molecule has 1 rings (SSSR count). The van der Waals surface area contributed by atoms with Crippen molar-refractivity contribution in [2.45, 2.75) is 32.9 Å². The summed E-state index contributed by atoms with van der Waals surface area (Å²) in [6, 6.07) is 3.56. The van der Waals surface area contributed by atoms with Gasteiger partial charge in [0.15, 0.2) is 0 Å². The number of carbonyl (C=O) groups is 2. The van der Waals surface area contributed by atoms with E-state index in [0.29, 0.717) is 12.3 Å². The quantitative estimate of drug-likeness (QED) is 0.854. The largest absolute Gasteiger partial charge is 0.480 e. The highest BCUT2D eigenvalue weighted by Gasteiger charge is 2.26. The standard InChI is InChI=1S/C14H22N2O4/c1-14(2,3)16(10-13(18)19)9-12(17)15(4)8-11-6-5-7-20-11/h5-7H,8-10H2,1-4H3,(H,18,19). The van der Waals surface area contributed by atoms with E-state index >= 15 is 0 Å².